The number of hydrogen-bond acceptors (Lipinski definition) is 0. The Morgan fingerprint density at radius 2 is 2.30 bits per heavy atom. The van der Waals surface area contributed by atoms with Gasteiger partial charge < -0.3 is 0 Å². The molecule has 0 atom stereocenters. The van der Waals surface area contributed by atoms with Gasteiger partial charge in [0.2, 0.25) is 6.33 Å². The third-order valence-corrected chi connectivity index (χ3v) is 1.96. The zero-order chi connectivity index (χ0) is 7.56. The molecule has 0 aromatic carbocycles. The summed E-state index contributed by atoms with van der Waals surface area (Å²) in [6.45, 7) is 1.09. The Morgan fingerprint density at radius 3 is 2.70 bits per heavy atom. The predicted octanol–water partition coefficient (Wildman–Crippen LogP) is 1.51. The van der Waals surface area contributed by atoms with Gasteiger partial charge in [-0.3, -0.25) is 0 Å². The van der Waals surface area contributed by atoms with Gasteiger partial charge in [0.25, 0.3) is 0 Å². The molecule has 0 spiro atoms. The molecule has 56 valence electrons. The van der Waals surface area contributed by atoms with Gasteiger partial charge in [0.05, 0.1) is 7.05 Å². The summed E-state index contributed by atoms with van der Waals surface area (Å²) < 4.78 is 4.90. The van der Waals surface area contributed by atoms with Crippen molar-refractivity contribution in [3.63, 3.8) is 0 Å². The van der Waals surface area contributed by atoms with Crippen molar-refractivity contribution in [2.75, 3.05) is 0 Å². The molecule has 4 heteroatoms. The number of rotatable bonds is 2. The van der Waals surface area contributed by atoms with E-state index in [0.717, 1.165) is 6.54 Å². The van der Waals surface area contributed by atoms with E-state index in [-0.39, 0.29) is 0 Å². The largest absolute Gasteiger partial charge is 0.243 e. The highest BCUT2D eigenvalue weighted by molar-refractivity contribution is 14.2. The van der Waals surface area contributed by atoms with Crippen molar-refractivity contribution in [2.45, 2.75) is 8.48 Å². The first-order valence-corrected chi connectivity index (χ1v) is 5.47. The lowest BCUT2D eigenvalue weighted by Gasteiger charge is -1.94. The van der Waals surface area contributed by atoms with E-state index in [1.54, 1.807) is 0 Å². The summed E-state index contributed by atoms with van der Waals surface area (Å²) in [4.78, 5) is 0. The van der Waals surface area contributed by atoms with Crippen molar-refractivity contribution in [2.24, 2.45) is 7.05 Å². The summed E-state index contributed by atoms with van der Waals surface area (Å²) in [5.74, 6) is 0. The fourth-order valence-corrected chi connectivity index (χ4v) is 1.68. The van der Waals surface area contributed by atoms with E-state index in [4.69, 9.17) is 0 Å². The Bertz CT molecular complexity index is 207. The van der Waals surface area contributed by atoms with Gasteiger partial charge in [-0.2, -0.15) is 0 Å². The summed E-state index contributed by atoms with van der Waals surface area (Å²) >= 11 is 4.82. The molecule has 0 aliphatic carbocycles. The van der Waals surface area contributed by atoms with Crippen LogP contribution in [0, 0.1) is 0 Å². The van der Waals surface area contributed by atoms with E-state index in [1.165, 1.54) is 0 Å². The Morgan fingerprint density at radius 1 is 1.60 bits per heavy atom. The second-order valence-corrected chi connectivity index (χ2v) is 7.56. The van der Waals surface area contributed by atoms with Crippen LogP contribution in [0.15, 0.2) is 18.7 Å². The molecule has 0 bridgehead atoms. The molecule has 0 radical (unpaired) electrons. The lowest BCUT2D eigenvalue weighted by Crippen LogP contribution is -2.24. The van der Waals surface area contributed by atoms with Gasteiger partial charge in [0.15, 0.2) is 0 Å². The number of halogens is 2. The van der Waals surface area contributed by atoms with Crippen LogP contribution in [0.2, 0.25) is 0 Å². The van der Waals surface area contributed by atoms with Crippen LogP contribution in [0.1, 0.15) is 0 Å². The summed E-state index contributed by atoms with van der Waals surface area (Å²) in [6.07, 6.45) is 6.23. The number of aromatic nitrogens is 2. The Labute approximate surface area is 87.9 Å². The summed E-state index contributed by atoms with van der Waals surface area (Å²) in [7, 11) is 2.03. The van der Waals surface area contributed by atoms with Crippen molar-refractivity contribution in [3.8, 4) is 0 Å². The fourth-order valence-electron chi connectivity index (χ4n) is 0.769. The molecule has 0 aliphatic rings. The molecule has 0 N–H and O–H groups in total. The van der Waals surface area contributed by atoms with Crippen molar-refractivity contribution in [1.29, 1.82) is 0 Å². The molecular formula is C6H9I2N2+. The monoisotopic (exact) mass is 363 g/mol. The Hall–Kier alpha value is 0.670. The number of hydrogen-bond donors (Lipinski definition) is 0. The normalized spacial score (nSPS) is 10.8. The molecule has 0 amide bonds. The van der Waals surface area contributed by atoms with Gasteiger partial charge in [-0.15, -0.1) is 0 Å². The molecule has 2 nitrogen and oxygen atoms in total. The number of aryl methyl sites for hydroxylation is 1. The first-order chi connectivity index (χ1) is 4.68. The van der Waals surface area contributed by atoms with Crippen molar-refractivity contribution in [1.82, 2.24) is 4.57 Å². The van der Waals surface area contributed by atoms with Gasteiger partial charge in [0.1, 0.15) is 20.9 Å². The highest BCUT2D eigenvalue weighted by atomic mass is 127. The average molecular weight is 363 g/mol. The van der Waals surface area contributed by atoms with Gasteiger partial charge >= 0.3 is 0 Å². The van der Waals surface area contributed by atoms with Crippen LogP contribution in [0.4, 0.5) is 0 Å². The maximum Gasteiger partial charge on any atom is 0.243 e. The molecule has 0 fully saturated rings. The smallest absolute Gasteiger partial charge is 0.240 e. The number of imidazole rings is 1. The van der Waals surface area contributed by atoms with Crippen LogP contribution >= 0.6 is 45.2 Å². The summed E-state index contributed by atoms with van der Waals surface area (Å²) in [5, 5.41) is 0. The Kier molecular flexibility index (Phi) is 3.41. The van der Waals surface area contributed by atoms with E-state index in [9.17, 15) is 0 Å². The third kappa shape index (κ3) is 2.73. The van der Waals surface area contributed by atoms with Gasteiger partial charge in [0, 0.05) is 0 Å². The molecule has 1 rings (SSSR count). The third-order valence-electron chi connectivity index (χ3n) is 1.17. The topological polar surface area (TPSA) is 8.81 Å². The molecule has 10 heavy (non-hydrogen) atoms. The second-order valence-electron chi connectivity index (χ2n) is 2.17. The van der Waals surface area contributed by atoms with Crippen molar-refractivity contribution < 1.29 is 4.57 Å². The molecular weight excluding hydrogens is 354 g/mol. The predicted molar refractivity (Wildman–Crippen MR) is 57.4 cm³/mol. The van der Waals surface area contributed by atoms with E-state index in [1.807, 2.05) is 7.05 Å². The van der Waals surface area contributed by atoms with Crippen LogP contribution in [0.3, 0.4) is 0 Å². The average Bonchev–Trinajstić information content (AvgIpc) is 2.13. The van der Waals surface area contributed by atoms with Gasteiger partial charge in [-0.05, 0) is 0 Å². The van der Waals surface area contributed by atoms with Gasteiger partial charge in [-0.25, -0.2) is 9.13 Å². The fraction of sp³-hybridized carbons (Fsp3) is 0.500. The van der Waals surface area contributed by atoms with Crippen LogP contribution in [-0.4, -0.2) is 6.50 Å². The quantitative estimate of drug-likeness (QED) is 0.428. The molecule has 1 aromatic heterocycles. The van der Waals surface area contributed by atoms with E-state index in [0.29, 0.717) is 1.93 Å². The molecule has 1 aromatic rings. The maximum absolute atomic E-state index is 2.41. The van der Waals surface area contributed by atoms with Crippen molar-refractivity contribution in [3.05, 3.63) is 18.7 Å². The summed E-state index contributed by atoms with van der Waals surface area (Å²) in [5.41, 5.74) is 0. The minimum atomic E-state index is 0.669. The lowest BCUT2D eigenvalue weighted by atomic mass is 10.7. The van der Waals surface area contributed by atoms with Crippen LogP contribution in [0.5, 0.6) is 0 Å². The second kappa shape index (κ2) is 3.89. The Balaban J connectivity index is 2.58. The minimum absolute atomic E-state index is 0.669. The molecule has 0 aliphatic heterocycles. The molecule has 0 saturated carbocycles. The summed E-state index contributed by atoms with van der Waals surface area (Å²) in [6, 6.07) is 0. The van der Waals surface area contributed by atoms with E-state index < -0.39 is 0 Å². The minimum Gasteiger partial charge on any atom is -0.240 e. The maximum atomic E-state index is 2.41. The van der Waals surface area contributed by atoms with Crippen LogP contribution in [0.25, 0.3) is 0 Å². The van der Waals surface area contributed by atoms with Crippen LogP contribution in [-0.2, 0) is 13.6 Å². The van der Waals surface area contributed by atoms with Gasteiger partial charge in [-0.1, -0.05) is 45.2 Å². The van der Waals surface area contributed by atoms with Crippen molar-refractivity contribution >= 4 is 45.2 Å². The number of nitrogens with zero attached hydrogens (tertiary/aromatic N) is 2. The zero-order valence-electron chi connectivity index (χ0n) is 5.67. The number of alkyl halides is 2. The standard InChI is InChI=1S/C6H9I2N2/c1-9-2-3-10(5-9)4-6(7)8/h2-3,5-6H,4H2,1H3/q+1. The van der Waals surface area contributed by atoms with E-state index >= 15 is 0 Å². The first kappa shape index (κ1) is 8.76. The van der Waals surface area contributed by atoms with E-state index in [2.05, 4.69) is 73.0 Å². The highest BCUT2D eigenvalue weighted by Gasteiger charge is 2.03. The highest BCUT2D eigenvalue weighted by Crippen LogP contribution is 2.11. The van der Waals surface area contributed by atoms with Crippen LogP contribution < -0.4 is 4.57 Å². The zero-order valence-corrected chi connectivity index (χ0v) is 9.98. The molecule has 1 heterocycles. The molecule has 0 unspecified atom stereocenters. The molecule has 0 saturated heterocycles. The SMILES string of the molecule is C[n+]1ccn(CC(I)I)c1. The first-order valence-electron chi connectivity index (χ1n) is 2.97. The lowest BCUT2D eigenvalue weighted by molar-refractivity contribution is -0.671.